The molecule has 24 heavy (non-hydrogen) atoms. The van der Waals surface area contributed by atoms with Gasteiger partial charge >= 0.3 is 5.97 Å². The third-order valence-electron chi connectivity index (χ3n) is 3.45. The van der Waals surface area contributed by atoms with E-state index in [1.165, 1.54) is 19.3 Å². The van der Waals surface area contributed by atoms with Crippen molar-refractivity contribution in [3.8, 4) is 0 Å². The van der Waals surface area contributed by atoms with Crippen LogP contribution in [-0.2, 0) is 14.4 Å². The number of furan rings is 1. The highest BCUT2D eigenvalue weighted by Crippen LogP contribution is 2.20. The van der Waals surface area contributed by atoms with Crippen molar-refractivity contribution >= 4 is 23.4 Å². The van der Waals surface area contributed by atoms with Crippen molar-refractivity contribution in [2.75, 3.05) is 6.54 Å². The van der Waals surface area contributed by atoms with E-state index in [1.54, 1.807) is 6.07 Å². The van der Waals surface area contributed by atoms with Gasteiger partial charge in [0.05, 0.1) is 17.9 Å². The van der Waals surface area contributed by atoms with Gasteiger partial charge in [0.2, 0.25) is 5.91 Å². The smallest absolute Gasteiger partial charge is 0.326 e. The summed E-state index contributed by atoms with van der Waals surface area (Å²) in [6, 6.07) is 0.685. The Hall–Kier alpha value is -2.45. The number of nitrogens with zero attached hydrogens (tertiary/aromatic N) is 1. The Balaban J connectivity index is 3.13. The van der Waals surface area contributed by atoms with Crippen molar-refractivity contribution in [3.63, 3.8) is 0 Å². The lowest BCUT2D eigenvalue weighted by Crippen LogP contribution is -2.53. The lowest BCUT2D eigenvalue weighted by Gasteiger charge is -2.29. The number of amides is 2. The lowest BCUT2D eigenvalue weighted by molar-refractivity contribution is -0.156. The van der Waals surface area contributed by atoms with Crippen LogP contribution in [0.15, 0.2) is 29.4 Å². The van der Waals surface area contributed by atoms with Gasteiger partial charge in [0.25, 0.3) is 5.91 Å². The van der Waals surface area contributed by atoms with E-state index >= 15 is 0 Å². The highest BCUT2D eigenvalue weighted by molar-refractivity contribution is 6.23. The molecular formula is C16H23N3O5. The molecule has 0 bridgehead atoms. The number of carboxylic acids is 1. The molecule has 8 heteroatoms. The zero-order valence-corrected chi connectivity index (χ0v) is 13.6. The minimum Gasteiger partial charge on any atom is -0.480 e. The number of aliphatic carboxylic acids is 1. The van der Waals surface area contributed by atoms with Crippen molar-refractivity contribution in [3.05, 3.63) is 30.7 Å². The molecule has 1 aromatic rings. The van der Waals surface area contributed by atoms with Crippen LogP contribution in [0.5, 0.6) is 0 Å². The highest BCUT2D eigenvalue weighted by Gasteiger charge is 2.37. The van der Waals surface area contributed by atoms with E-state index in [0.29, 0.717) is 24.3 Å². The second-order valence-corrected chi connectivity index (χ2v) is 5.40. The van der Waals surface area contributed by atoms with Gasteiger partial charge < -0.3 is 21.0 Å². The first-order chi connectivity index (χ1) is 11.3. The zero-order valence-electron chi connectivity index (χ0n) is 13.6. The highest BCUT2D eigenvalue weighted by atomic mass is 16.4. The second-order valence-electron chi connectivity index (χ2n) is 5.40. The average Bonchev–Trinajstić information content (AvgIpc) is 3.06. The van der Waals surface area contributed by atoms with E-state index in [2.05, 4.69) is 6.58 Å². The van der Waals surface area contributed by atoms with Crippen LogP contribution < -0.4 is 11.5 Å². The molecule has 1 aromatic heterocycles. The number of imide groups is 1. The van der Waals surface area contributed by atoms with Crippen LogP contribution in [0.3, 0.4) is 0 Å². The van der Waals surface area contributed by atoms with Crippen molar-refractivity contribution in [2.45, 2.75) is 38.3 Å². The molecule has 0 spiro atoms. The molecule has 0 fully saturated rings. The summed E-state index contributed by atoms with van der Waals surface area (Å²) in [6.07, 6.45) is 2.47. The normalized spacial score (nSPS) is 13.1. The van der Waals surface area contributed by atoms with Gasteiger partial charge in [-0.3, -0.25) is 14.5 Å². The van der Waals surface area contributed by atoms with Crippen LogP contribution in [0.4, 0.5) is 0 Å². The third-order valence-corrected chi connectivity index (χ3v) is 3.45. The maximum absolute atomic E-state index is 12.7. The first kappa shape index (κ1) is 19.6. The molecule has 2 amide bonds. The topological polar surface area (TPSA) is 140 Å². The number of hydrogen-bond donors (Lipinski definition) is 3. The summed E-state index contributed by atoms with van der Waals surface area (Å²) in [5.74, 6) is -2.75. The summed E-state index contributed by atoms with van der Waals surface area (Å²) in [4.78, 5) is 37.3. The Morgan fingerprint density at radius 2 is 2.04 bits per heavy atom. The Morgan fingerprint density at radius 1 is 1.38 bits per heavy atom. The Kier molecular flexibility index (Phi) is 7.34. The number of carboxylic acid groups (broad SMARTS) is 1. The second kappa shape index (κ2) is 8.99. The Labute approximate surface area is 140 Å². The molecule has 0 aliphatic rings. The van der Waals surface area contributed by atoms with E-state index in [4.69, 9.17) is 15.9 Å². The van der Waals surface area contributed by atoms with Crippen LogP contribution in [0.25, 0.3) is 5.57 Å². The molecule has 0 aromatic carbocycles. The van der Waals surface area contributed by atoms with Crippen molar-refractivity contribution in [2.24, 2.45) is 11.5 Å². The van der Waals surface area contributed by atoms with Crippen LogP contribution in [0.2, 0.25) is 0 Å². The molecule has 0 saturated heterocycles. The van der Waals surface area contributed by atoms with Crippen LogP contribution in [-0.4, -0.2) is 46.4 Å². The fourth-order valence-electron chi connectivity index (χ4n) is 2.16. The van der Waals surface area contributed by atoms with Crippen LogP contribution in [0, 0.1) is 0 Å². The number of unbranched alkanes of at least 4 members (excludes halogenated alkanes) is 1. The van der Waals surface area contributed by atoms with Crippen molar-refractivity contribution < 1.29 is 23.9 Å². The molecule has 132 valence electrons. The molecule has 2 atom stereocenters. The minimum atomic E-state index is -1.34. The van der Waals surface area contributed by atoms with Crippen LogP contribution >= 0.6 is 0 Å². The van der Waals surface area contributed by atoms with Crippen molar-refractivity contribution in [1.82, 2.24) is 4.90 Å². The Bertz CT molecular complexity index is 595. The molecular weight excluding hydrogens is 314 g/mol. The van der Waals surface area contributed by atoms with Gasteiger partial charge in [-0.05, 0) is 44.9 Å². The molecule has 8 nitrogen and oxygen atoms in total. The van der Waals surface area contributed by atoms with E-state index in [9.17, 15) is 19.5 Å². The number of hydrogen-bond acceptors (Lipinski definition) is 6. The molecule has 0 aliphatic heterocycles. The van der Waals surface area contributed by atoms with E-state index < -0.39 is 29.9 Å². The first-order valence-electron chi connectivity index (χ1n) is 7.59. The van der Waals surface area contributed by atoms with Crippen molar-refractivity contribution in [1.29, 1.82) is 0 Å². The fraction of sp³-hybridized carbons (Fsp3) is 0.438. The standard InChI is InChI=1S/C16H23N3O5/c1-10(13-7-5-9-24-13)14(20)19(15(21)11(2)18)12(16(22)23)6-3-4-8-17/h5,7,9,11-12H,1,3-4,6,8,17-18H2,2H3,(H,22,23). The fourth-order valence-corrected chi connectivity index (χ4v) is 2.16. The summed E-state index contributed by atoms with van der Waals surface area (Å²) < 4.78 is 5.09. The van der Waals surface area contributed by atoms with E-state index in [0.717, 1.165) is 0 Å². The average molecular weight is 337 g/mol. The quantitative estimate of drug-likeness (QED) is 0.442. The lowest BCUT2D eigenvalue weighted by atomic mass is 10.0. The molecule has 1 heterocycles. The predicted molar refractivity (Wildman–Crippen MR) is 87.6 cm³/mol. The van der Waals surface area contributed by atoms with E-state index in [-0.39, 0.29) is 17.8 Å². The van der Waals surface area contributed by atoms with Gasteiger partial charge in [0.15, 0.2) is 0 Å². The summed E-state index contributed by atoms with van der Waals surface area (Å²) in [5, 5.41) is 9.46. The zero-order chi connectivity index (χ0) is 18.3. The van der Waals surface area contributed by atoms with Gasteiger partial charge in [0, 0.05) is 0 Å². The molecule has 2 unspecified atom stereocenters. The maximum Gasteiger partial charge on any atom is 0.326 e. The molecule has 5 N–H and O–H groups in total. The number of carbonyl (C=O) groups excluding carboxylic acids is 2. The number of nitrogens with two attached hydrogens (primary N) is 2. The van der Waals surface area contributed by atoms with Crippen LogP contribution in [0.1, 0.15) is 31.9 Å². The van der Waals surface area contributed by atoms with Gasteiger partial charge in [-0.2, -0.15) is 0 Å². The number of carbonyl (C=O) groups is 3. The summed E-state index contributed by atoms with van der Waals surface area (Å²) in [5.41, 5.74) is 10.9. The summed E-state index contributed by atoms with van der Waals surface area (Å²) in [6.45, 7) is 5.38. The molecule has 0 aliphatic carbocycles. The third kappa shape index (κ3) is 4.77. The molecule has 1 rings (SSSR count). The minimum absolute atomic E-state index is 0.0855. The predicted octanol–water partition coefficient (Wildman–Crippen LogP) is 0.577. The summed E-state index contributed by atoms with van der Waals surface area (Å²) in [7, 11) is 0. The first-order valence-corrected chi connectivity index (χ1v) is 7.59. The van der Waals surface area contributed by atoms with Gasteiger partial charge in [-0.1, -0.05) is 6.58 Å². The number of rotatable bonds is 9. The summed E-state index contributed by atoms with van der Waals surface area (Å²) >= 11 is 0. The van der Waals surface area contributed by atoms with Gasteiger partial charge in [0.1, 0.15) is 11.8 Å². The van der Waals surface area contributed by atoms with Gasteiger partial charge in [-0.15, -0.1) is 0 Å². The van der Waals surface area contributed by atoms with Gasteiger partial charge in [-0.25, -0.2) is 4.79 Å². The Morgan fingerprint density at radius 3 is 2.50 bits per heavy atom. The van der Waals surface area contributed by atoms with E-state index in [1.807, 2.05) is 0 Å². The monoisotopic (exact) mass is 337 g/mol. The molecule has 0 saturated carbocycles. The largest absolute Gasteiger partial charge is 0.480 e. The SMILES string of the molecule is C=C(C(=O)N(C(=O)C(C)N)C(CCCCN)C(=O)O)c1ccco1. The molecule has 0 radical (unpaired) electrons. The maximum atomic E-state index is 12.7.